The molecule has 10 nitrogen and oxygen atoms in total. The van der Waals surface area contributed by atoms with E-state index >= 15 is 0 Å². The summed E-state index contributed by atoms with van der Waals surface area (Å²) >= 11 is 0. The summed E-state index contributed by atoms with van der Waals surface area (Å²) in [6.45, 7) is 15.2. The van der Waals surface area contributed by atoms with E-state index in [1.807, 2.05) is 57.7 Å². The SMILES string of the molecule is CCC(CC)[C@H](NC(=O)N[C@H](C(=O)N1CC[C@H](C(C)C)[C@H]1CCNC(CCCCCCC1CC1)C(=O)C(N)=O)C(C)(C)C)C(=O)c1ccccc1. The number of urea groups is 1. The van der Waals surface area contributed by atoms with Crippen LogP contribution in [0.1, 0.15) is 136 Å². The third-order valence-corrected chi connectivity index (χ3v) is 11.2. The van der Waals surface area contributed by atoms with Gasteiger partial charge < -0.3 is 26.6 Å². The molecule has 1 aliphatic carbocycles. The maximum absolute atomic E-state index is 14.4. The monoisotopic (exact) mass is 710 g/mol. The molecule has 1 aliphatic heterocycles. The Morgan fingerprint density at radius 2 is 1.53 bits per heavy atom. The fraction of sp³-hybridized carbons (Fsp3) is 0.732. The number of hydrogen-bond donors (Lipinski definition) is 4. The minimum atomic E-state index is -0.923. The van der Waals surface area contributed by atoms with E-state index in [2.05, 4.69) is 29.8 Å². The fourth-order valence-corrected chi connectivity index (χ4v) is 7.81. The fourth-order valence-electron chi connectivity index (χ4n) is 7.81. The Bertz CT molecular complexity index is 1290. The molecule has 0 radical (unpaired) electrons. The molecule has 1 aromatic rings. The molecule has 2 fully saturated rings. The lowest BCUT2D eigenvalue weighted by molar-refractivity contribution is -0.137. The van der Waals surface area contributed by atoms with Crippen molar-refractivity contribution in [3.8, 4) is 0 Å². The first-order valence-electron chi connectivity index (χ1n) is 19.7. The maximum atomic E-state index is 14.4. The van der Waals surface area contributed by atoms with E-state index in [0.29, 0.717) is 50.3 Å². The van der Waals surface area contributed by atoms with Gasteiger partial charge in [0.2, 0.25) is 11.7 Å². The van der Waals surface area contributed by atoms with Gasteiger partial charge in [0.1, 0.15) is 6.04 Å². The summed E-state index contributed by atoms with van der Waals surface area (Å²) in [5.41, 5.74) is 5.35. The second-order valence-electron chi connectivity index (χ2n) is 16.5. The number of carbonyl (C=O) groups is 5. The molecular weight excluding hydrogens is 642 g/mol. The molecule has 10 heteroatoms. The quantitative estimate of drug-likeness (QED) is 0.0621. The number of amides is 4. The van der Waals surface area contributed by atoms with Crippen molar-refractivity contribution in [2.24, 2.45) is 34.8 Å². The standard InChI is InChI=1S/C41H67N5O5/c1-8-29(9-2)34(35(47)30-18-14-12-15-19-30)44-40(51)45-37(41(5,6)7)39(50)46-26-24-31(27(3)4)33(46)23-25-43-32(36(48)38(42)49)20-16-11-10-13-17-28-21-22-28/h12,14-15,18-19,27-29,31-34,37,43H,8-11,13,16-17,20-26H2,1-7H3,(H2,42,49)(H2,44,45,51)/t31-,32?,33-,34+,37-/m1/s1. The van der Waals surface area contributed by atoms with Gasteiger partial charge in [0.15, 0.2) is 5.78 Å². The van der Waals surface area contributed by atoms with Crippen LogP contribution in [0.25, 0.3) is 0 Å². The first kappa shape index (κ1) is 42.1. The van der Waals surface area contributed by atoms with Gasteiger partial charge in [-0.05, 0) is 54.9 Å². The van der Waals surface area contributed by atoms with Gasteiger partial charge in [0.05, 0.1) is 12.1 Å². The van der Waals surface area contributed by atoms with Crippen LogP contribution in [-0.4, -0.2) is 71.6 Å². The smallest absolute Gasteiger partial charge is 0.316 e. The summed E-state index contributed by atoms with van der Waals surface area (Å²) < 4.78 is 0. The number of unbranched alkanes of at least 4 members (excludes halogenated alkanes) is 3. The molecule has 1 unspecified atom stereocenters. The van der Waals surface area contributed by atoms with Gasteiger partial charge in [-0.2, -0.15) is 0 Å². The van der Waals surface area contributed by atoms with Gasteiger partial charge in [-0.3, -0.25) is 19.2 Å². The van der Waals surface area contributed by atoms with E-state index in [4.69, 9.17) is 5.73 Å². The molecule has 0 bridgehead atoms. The molecular formula is C41H67N5O5. The van der Waals surface area contributed by atoms with Crippen molar-refractivity contribution in [2.75, 3.05) is 13.1 Å². The third kappa shape index (κ3) is 12.7. The Morgan fingerprint density at radius 1 is 0.882 bits per heavy atom. The molecule has 1 heterocycles. The topological polar surface area (TPSA) is 151 Å². The van der Waals surface area contributed by atoms with Crippen LogP contribution in [-0.2, 0) is 14.4 Å². The molecule has 286 valence electrons. The number of benzene rings is 1. The Hall–Kier alpha value is -3.27. The Labute approximate surface area is 307 Å². The minimum absolute atomic E-state index is 0.0629. The second kappa shape index (κ2) is 20.1. The maximum Gasteiger partial charge on any atom is 0.316 e. The minimum Gasteiger partial charge on any atom is -0.363 e. The first-order valence-corrected chi connectivity index (χ1v) is 19.7. The van der Waals surface area contributed by atoms with E-state index in [-0.39, 0.29) is 29.6 Å². The van der Waals surface area contributed by atoms with Crippen LogP contribution in [0.15, 0.2) is 30.3 Å². The second-order valence-corrected chi connectivity index (χ2v) is 16.5. The number of primary amides is 1. The zero-order chi connectivity index (χ0) is 37.7. The zero-order valence-corrected chi connectivity index (χ0v) is 32.5. The molecule has 3 rings (SSSR count). The molecule has 0 aromatic heterocycles. The molecule has 2 aliphatic rings. The summed E-state index contributed by atoms with van der Waals surface area (Å²) in [6, 6.07) is 6.14. The predicted molar refractivity (Wildman–Crippen MR) is 203 cm³/mol. The highest BCUT2D eigenvalue weighted by Crippen LogP contribution is 2.35. The highest BCUT2D eigenvalue weighted by atomic mass is 16.2. The van der Waals surface area contributed by atoms with Crippen LogP contribution in [0.4, 0.5) is 4.79 Å². The lowest BCUT2D eigenvalue weighted by Gasteiger charge is -2.38. The number of nitrogens with zero attached hydrogens (tertiary/aromatic N) is 1. The number of ketones is 2. The van der Waals surface area contributed by atoms with Crippen LogP contribution in [0.3, 0.4) is 0 Å². The van der Waals surface area contributed by atoms with Gasteiger partial charge in [0.25, 0.3) is 5.91 Å². The zero-order valence-electron chi connectivity index (χ0n) is 32.5. The predicted octanol–water partition coefficient (Wildman–Crippen LogP) is 6.41. The summed E-state index contributed by atoms with van der Waals surface area (Å²) in [6.07, 6.45) is 11.7. The molecule has 5 N–H and O–H groups in total. The largest absolute Gasteiger partial charge is 0.363 e. The Morgan fingerprint density at radius 3 is 2.10 bits per heavy atom. The molecule has 0 spiro atoms. The molecule has 51 heavy (non-hydrogen) atoms. The van der Waals surface area contributed by atoms with Crippen molar-refractivity contribution in [1.29, 1.82) is 0 Å². The average molecular weight is 710 g/mol. The van der Waals surface area contributed by atoms with E-state index in [1.165, 1.54) is 25.7 Å². The van der Waals surface area contributed by atoms with Gasteiger partial charge in [-0.25, -0.2) is 4.79 Å². The number of likely N-dealkylation sites (tertiary alicyclic amines) is 1. The summed E-state index contributed by atoms with van der Waals surface area (Å²) in [5.74, 6) is -0.401. The highest BCUT2D eigenvalue weighted by molar-refractivity contribution is 6.37. The average Bonchev–Trinajstić information content (AvgIpc) is 3.82. The van der Waals surface area contributed by atoms with Crippen molar-refractivity contribution < 1.29 is 24.0 Å². The highest BCUT2D eigenvalue weighted by Gasteiger charge is 2.44. The number of Topliss-reactive ketones (excluding diaryl/α,β-unsaturated/α-hetero) is 2. The van der Waals surface area contributed by atoms with Crippen LogP contribution in [0, 0.1) is 29.1 Å². The molecule has 1 aromatic carbocycles. The van der Waals surface area contributed by atoms with E-state index in [9.17, 15) is 24.0 Å². The number of carbonyl (C=O) groups excluding carboxylic acids is 5. The normalized spacial score (nSPS) is 19.5. The van der Waals surface area contributed by atoms with Crippen molar-refractivity contribution in [3.63, 3.8) is 0 Å². The molecule has 5 atom stereocenters. The van der Waals surface area contributed by atoms with Crippen LogP contribution >= 0.6 is 0 Å². The van der Waals surface area contributed by atoms with Crippen LogP contribution in [0.2, 0.25) is 0 Å². The summed E-state index contributed by atoms with van der Waals surface area (Å²) in [4.78, 5) is 68.2. The van der Waals surface area contributed by atoms with Crippen molar-refractivity contribution >= 4 is 29.4 Å². The van der Waals surface area contributed by atoms with E-state index in [1.54, 1.807) is 12.1 Å². The Kier molecular flexibility index (Phi) is 16.6. The summed E-state index contributed by atoms with van der Waals surface area (Å²) in [7, 11) is 0. The van der Waals surface area contributed by atoms with Crippen molar-refractivity contribution in [3.05, 3.63) is 35.9 Å². The van der Waals surface area contributed by atoms with E-state index in [0.717, 1.165) is 31.6 Å². The number of nitrogens with two attached hydrogens (primary N) is 1. The molecule has 1 saturated heterocycles. The lowest BCUT2D eigenvalue weighted by atomic mass is 9.84. The van der Waals surface area contributed by atoms with Gasteiger partial charge in [-0.15, -0.1) is 0 Å². The van der Waals surface area contributed by atoms with Crippen molar-refractivity contribution in [1.82, 2.24) is 20.9 Å². The lowest BCUT2D eigenvalue weighted by Crippen LogP contribution is -2.60. The van der Waals surface area contributed by atoms with Gasteiger partial charge in [-0.1, -0.05) is 137 Å². The summed E-state index contributed by atoms with van der Waals surface area (Å²) in [5, 5.41) is 9.26. The van der Waals surface area contributed by atoms with E-state index < -0.39 is 41.3 Å². The Balaban J connectivity index is 1.70. The van der Waals surface area contributed by atoms with Crippen LogP contribution in [0.5, 0.6) is 0 Å². The molecule has 1 saturated carbocycles. The number of rotatable bonds is 22. The van der Waals surface area contributed by atoms with Crippen molar-refractivity contribution in [2.45, 2.75) is 150 Å². The first-order chi connectivity index (χ1) is 24.2. The number of nitrogens with one attached hydrogen (secondary N) is 3. The van der Waals surface area contributed by atoms with Gasteiger partial charge in [0, 0.05) is 18.2 Å². The molecule has 4 amide bonds. The van der Waals surface area contributed by atoms with Crippen LogP contribution < -0.4 is 21.7 Å². The van der Waals surface area contributed by atoms with Gasteiger partial charge >= 0.3 is 6.03 Å². The number of hydrogen-bond acceptors (Lipinski definition) is 6. The third-order valence-electron chi connectivity index (χ3n) is 11.2.